The third-order valence-electron chi connectivity index (χ3n) is 2.49. The maximum Gasteiger partial charge on any atom is 0.328 e. The Bertz CT molecular complexity index is 329. The SMILES string of the molecule is C=CCC1(CC(C)N)C(=O)NC(=O)NC1=O. The number of nitrogens with one attached hydrogen (secondary N) is 2. The second-order valence-corrected chi connectivity index (χ2v) is 3.99. The number of allylic oxidation sites excluding steroid dienone is 1. The molecule has 1 saturated heterocycles. The summed E-state index contributed by atoms with van der Waals surface area (Å²) >= 11 is 0. The number of urea groups is 1. The van der Waals surface area contributed by atoms with Crippen LogP contribution in [0.5, 0.6) is 0 Å². The smallest absolute Gasteiger partial charge is 0.328 e. The van der Waals surface area contributed by atoms with Crippen molar-refractivity contribution in [1.82, 2.24) is 10.6 Å². The quantitative estimate of drug-likeness (QED) is 0.449. The van der Waals surface area contributed by atoms with Crippen molar-refractivity contribution in [3.8, 4) is 0 Å². The van der Waals surface area contributed by atoms with Crippen LogP contribution < -0.4 is 16.4 Å². The number of barbiturate groups is 1. The predicted molar refractivity (Wildman–Crippen MR) is 57.2 cm³/mol. The van der Waals surface area contributed by atoms with E-state index in [-0.39, 0.29) is 18.9 Å². The fourth-order valence-corrected chi connectivity index (χ4v) is 1.83. The predicted octanol–water partition coefficient (Wildman–Crippen LogP) is -0.348. The Morgan fingerprint density at radius 1 is 1.38 bits per heavy atom. The van der Waals surface area contributed by atoms with Crippen molar-refractivity contribution in [2.24, 2.45) is 11.1 Å². The molecule has 88 valence electrons. The Labute approximate surface area is 93.3 Å². The number of hydrogen-bond donors (Lipinski definition) is 3. The molecule has 1 unspecified atom stereocenters. The highest BCUT2D eigenvalue weighted by molar-refractivity contribution is 6.19. The Balaban J connectivity index is 3.05. The summed E-state index contributed by atoms with van der Waals surface area (Å²) in [6.45, 7) is 5.21. The molecule has 1 heterocycles. The first-order chi connectivity index (χ1) is 7.42. The van der Waals surface area contributed by atoms with Crippen LogP contribution in [-0.2, 0) is 9.59 Å². The number of hydrogen-bond acceptors (Lipinski definition) is 4. The van der Waals surface area contributed by atoms with Crippen molar-refractivity contribution in [1.29, 1.82) is 0 Å². The second kappa shape index (κ2) is 4.44. The minimum Gasteiger partial charge on any atom is -0.328 e. The van der Waals surface area contributed by atoms with Gasteiger partial charge in [0.05, 0.1) is 0 Å². The number of imide groups is 2. The van der Waals surface area contributed by atoms with Gasteiger partial charge in [0.1, 0.15) is 5.41 Å². The van der Waals surface area contributed by atoms with Crippen LogP contribution >= 0.6 is 0 Å². The molecular weight excluding hydrogens is 210 g/mol. The molecule has 0 aromatic heterocycles. The number of amides is 4. The van der Waals surface area contributed by atoms with Gasteiger partial charge in [-0.2, -0.15) is 0 Å². The summed E-state index contributed by atoms with van der Waals surface area (Å²) < 4.78 is 0. The van der Waals surface area contributed by atoms with Crippen LogP contribution in [0.15, 0.2) is 12.7 Å². The average molecular weight is 225 g/mol. The van der Waals surface area contributed by atoms with Crippen molar-refractivity contribution in [2.75, 3.05) is 0 Å². The molecule has 1 aliphatic heterocycles. The van der Waals surface area contributed by atoms with E-state index < -0.39 is 23.3 Å². The van der Waals surface area contributed by atoms with Crippen LogP contribution in [0.4, 0.5) is 4.79 Å². The van der Waals surface area contributed by atoms with E-state index in [2.05, 4.69) is 17.2 Å². The van der Waals surface area contributed by atoms with Gasteiger partial charge in [0.25, 0.3) is 0 Å². The van der Waals surface area contributed by atoms with Crippen LogP contribution in [0.1, 0.15) is 19.8 Å². The van der Waals surface area contributed by atoms with E-state index in [9.17, 15) is 14.4 Å². The molecule has 6 heteroatoms. The number of nitrogens with two attached hydrogens (primary N) is 1. The van der Waals surface area contributed by atoms with E-state index in [0.29, 0.717) is 0 Å². The molecule has 0 saturated carbocycles. The zero-order valence-corrected chi connectivity index (χ0v) is 9.08. The fraction of sp³-hybridized carbons (Fsp3) is 0.500. The molecule has 4 N–H and O–H groups in total. The minimum absolute atomic E-state index is 0.152. The number of carbonyl (C=O) groups excluding carboxylic acids is 3. The van der Waals surface area contributed by atoms with Crippen LogP contribution in [0, 0.1) is 5.41 Å². The van der Waals surface area contributed by atoms with E-state index >= 15 is 0 Å². The van der Waals surface area contributed by atoms with Gasteiger partial charge < -0.3 is 5.73 Å². The van der Waals surface area contributed by atoms with E-state index in [1.165, 1.54) is 6.08 Å². The maximum absolute atomic E-state index is 11.8. The largest absolute Gasteiger partial charge is 0.328 e. The molecule has 0 aromatic carbocycles. The second-order valence-electron chi connectivity index (χ2n) is 3.99. The van der Waals surface area contributed by atoms with Gasteiger partial charge in [-0.05, 0) is 19.8 Å². The average Bonchev–Trinajstić information content (AvgIpc) is 2.13. The van der Waals surface area contributed by atoms with Gasteiger partial charge in [-0.1, -0.05) is 6.08 Å². The standard InChI is InChI=1S/C10H15N3O3/c1-3-4-10(5-6(2)11)7(14)12-9(16)13-8(10)15/h3,6H,1,4-5,11H2,2H3,(H2,12,13,14,15,16). The summed E-state index contributed by atoms with van der Waals surface area (Å²) in [5.74, 6) is -1.23. The van der Waals surface area contributed by atoms with E-state index in [1.54, 1.807) is 6.92 Å². The summed E-state index contributed by atoms with van der Waals surface area (Å²) in [6, 6.07) is -1.12. The van der Waals surface area contributed by atoms with Gasteiger partial charge in [-0.15, -0.1) is 6.58 Å². The molecule has 1 aliphatic rings. The van der Waals surface area contributed by atoms with Crippen LogP contribution in [-0.4, -0.2) is 23.9 Å². The van der Waals surface area contributed by atoms with Gasteiger partial charge in [0.15, 0.2) is 0 Å². The molecule has 1 rings (SSSR count). The molecule has 0 radical (unpaired) electrons. The summed E-state index contributed by atoms with van der Waals surface area (Å²) in [4.78, 5) is 34.5. The van der Waals surface area contributed by atoms with E-state index in [4.69, 9.17) is 5.73 Å². The third kappa shape index (κ3) is 2.11. The Morgan fingerprint density at radius 2 is 1.88 bits per heavy atom. The van der Waals surface area contributed by atoms with Crippen LogP contribution in [0.3, 0.4) is 0 Å². The first-order valence-electron chi connectivity index (χ1n) is 4.95. The first-order valence-corrected chi connectivity index (χ1v) is 4.95. The lowest BCUT2D eigenvalue weighted by Gasteiger charge is -2.34. The fourth-order valence-electron chi connectivity index (χ4n) is 1.83. The van der Waals surface area contributed by atoms with E-state index in [1.807, 2.05) is 0 Å². The number of rotatable bonds is 4. The Morgan fingerprint density at radius 3 is 2.25 bits per heavy atom. The lowest BCUT2D eigenvalue weighted by Crippen LogP contribution is -2.63. The van der Waals surface area contributed by atoms with Gasteiger partial charge in [-0.3, -0.25) is 20.2 Å². The highest BCUT2D eigenvalue weighted by Crippen LogP contribution is 2.30. The zero-order valence-electron chi connectivity index (χ0n) is 9.08. The number of carbonyl (C=O) groups is 3. The molecule has 0 bridgehead atoms. The monoisotopic (exact) mass is 225 g/mol. The summed E-state index contributed by atoms with van der Waals surface area (Å²) in [7, 11) is 0. The van der Waals surface area contributed by atoms with Gasteiger partial charge in [-0.25, -0.2) is 4.79 Å². The lowest BCUT2D eigenvalue weighted by molar-refractivity contribution is -0.145. The summed E-state index contributed by atoms with van der Waals surface area (Å²) in [5, 5.41) is 4.16. The molecule has 4 amide bonds. The van der Waals surface area contributed by atoms with Crippen LogP contribution in [0.25, 0.3) is 0 Å². The van der Waals surface area contributed by atoms with Crippen molar-refractivity contribution in [3.63, 3.8) is 0 Å². The molecule has 0 aliphatic carbocycles. The van der Waals surface area contributed by atoms with Crippen molar-refractivity contribution in [3.05, 3.63) is 12.7 Å². The summed E-state index contributed by atoms with van der Waals surface area (Å²) in [6.07, 6.45) is 1.79. The molecule has 16 heavy (non-hydrogen) atoms. The Kier molecular flexibility index (Phi) is 3.44. The molecule has 6 nitrogen and oxygen atoms in total. The van der Waals surface area contributed by atoms with Gasteiger partial charge in [0, 0.05) is 6.04 Å². The minimum atomic E-state index is -1.32. The highest BCUT2D eigenvalue weighted by Gasteiger charge is 2.49. The molecular formula is C10H15N3O3. The van der Waals surface area contributed by atoms with E-state index in [0.717, 1.165) is 0 Å². The molecule has 0 aromatic rings. The normalized spacial score (nSPS) is 21.0. The molecule has 0 spiro atoms. The van der Waals surface area contributed by atoms with Gasteiger partial charge >= 0.3 is 6.03 Å². The molecule has 1 atom stereocenters. The maximum atomic E-state index is 11.8. The van der Waals surface area contributed by atoms with Crippen LogP contribution in [0.2, 0.25) is 0 Å². The zero-order chi connectivity index (χ0) is 12.3. The van der Waals surface area contributed by atoms with Crippen molar-refractivity contribution < 1.29 is 14.4 Å². The molecule has 1 fully saturated rings. The van der Waals surface area contributed by atoms with Crippen molar-refractivity contribution in [2.45, 2.75) is 25.8 Å². The highest BCUT2D eigenvalue weighted by atomic mass is 16.2. The first kappa shape index (κ1) is 12.4. The van der Waals surface area contributed by atoms with Crippen molar-refractivity contribution >= 4 is 17.8 Å². The lowest BCUT2D eigenvalue weighted by atomic mass is 9.76. The third-order valence-corrected chi connectivity index (χ3v) is 2.49. The summed E-state index contributed by atoms with van der Waals surface area (Å²) in [5.41, 5.74) is 4.30. The van der Waals surface area contributed by atoms with Gasteiger partial charge in [0.2, 0.25) is 11.8 Å². The topological polar surface area (TPSA) is 101 Å². The Hall–Kier alpha value is -1.69.